The van der Waals surface area contributed by atoms with Gasteiger partial charge in [0.2, 0.25) is 0 Å². The van der Waals surface area contributed by atoms with Crippen molar-refractivity contribution in [1.29, 1.82) is 0 Å². The van der Waals surface area contributed by atoms with E-state index >= 15 is 0 Å². The highest BCUT2D eigenvalue weighted by atomic mass is 16.5. The van der Waals surface area contributed by atoms with Crippen molar-refractivity contribution in [2.75, 3.05) is 12.4 Å². The summed E-state index contributed by atoms with van der Waals surface area (Å²) in [5, 5.41) is 7.99. The van der Waals surface area contributed by atoms with Gasteiger partial charge < -0.3 is 15.8 Å². The Hall–Kier alpha value is -1.66. The van der Waals surface area contributed by atoms with E-state index in [0.29, 0.717) is 18.0 Å². The maximum atomic E-state index is 6.02. The Morgan fingerprint density at radius 1 is 1.36 bits per heavy atom. The minimum absolute atomic E-state index is 0.0892. The van der Waals surface area contributed by atoms with Crippen LogP contribution >= 0.6 is 0 Å². The number of ether oxygens (including phenoxy) is 1. The van der Waals surface area contributed by atoms with Crippen LogP contribution in [0.2, 0.25) is 0 Å². The van der Waals surface area contributed by atoms with Crippen LogP contribution in [0.25, 0.3) is 5.65 Å². The Labute approximate surface area is 130 Å². The van der Waals surface area contributed by atoms with Crippen molar-refractivity contribution in [2.45, 2.75) is 50.3 Å². The molecule has 0 saturated heterocycles. The van der Waals surface area contributed by atoms with Crippen molar-refractivity contribution in [2.24, 2.45) is 11.7 Å². The third-order valence-electron chi connectivity index (χ3n) is 4.80. The highest BCUT2D eigenvalue weighted by Crippen LogP contribution is 2.42. The molecule has 118 valence electrons. The standard InChI is InChI=1S/C16H23N5O/c1-22-16(10-2-3-10)13-9-15(19-12-5-4-11(17)8-12)21-14(20-13)6-7-18-21/h6-7,9-12,16,19H,2-5,8,17H2,1H3/t11-,12-,16?/m0/s1. The van der Waals surface area contributed by atoms with E-state index in [-0.39, 0.29) is 6.10 Å². The molecule has 0 radical (unpaired) electrons. The number of aromatic nitrogens is 3. The van der Waals surface area contributed by atoms with E-state index < -0.39 is 0 Å². The summed E-state index contributed by atoms with van der Waals surface area (Å²) in [5.74, 6) is 1.60. The van der Waals surface area contributed by atoms with Gasteiger partial charge in [0.25, 0.3) is 0 Å². The fraction of sp³-hybridized carbons (Fsp3) is 0.625. The number of methoxy groups -OCH3 is 1. The molecule has 6 nitrogen and oxygen atoms in total. The molecule has 0 spiro atoms. The first-order valence-electron chi connectivity index (χ1n) is 8.14. The van der Waals surface area contributed by atoms with E-state index in [0.717, 1.165) is 36.4 Å². The Bertz CT molecular complexity index is 666. The minimum atomic E-state index is 0.0892. The lowest BCUT2D eigenvalue weighted by Gasteiger charge is -2.19. The molecule has 3 N–H and O–H groups in total. The molecule has 2 heterocycles. The SMILES string of the molecule is COC(c1cc(N[C@H]2CC[C@H](N)C2)n2nccc2n1)C1CC1. The first-order valence-corrected chi connectivity index (χ1v) is 8.14. The van der Waals surface area contributed by atoms with Gasteiger partial charge in [0, 0.05) is 31.3 Å². The number of fused-ring (bicyclic) bond motifs is 1. The Morgan fingerprint density at radius 3 is 2.91 bits per heavy atom. The van der Waals surface area contributed by atoms with E-state index in [9.17, 15) is 0 Å². The zero-order valence-corrected chi connectivity index (χ0v) is 12.9. The van der Waals surface area contributed by atoms with E-state index in [1.165, 1.54) is 12.8 Å². The number of nitrogens with one attached hydrogen (secondary N) is 1. The summed E-state index contributed by atoms with van der Waals surface area (Å²) < 4.78 is 7.56. The second kappa shape index (κ2) is 5.52. The quantitative estimate of drug-likeness (QED) is 0.884. The largest absolute Gasteiger partial charge is 0.375 e. The van der Waals surface area contributed by atoms with Crippen molar-refractivity contribution in [3.05, 3.63) is 24.0 Å². The van der Waals surface area contributed by atoms with Crippen LogP contribution in [0.1, 0.15) is 43.9 Å². The van der Waals surface area contributed by atoms with E-state index in [1.807, 2.05) is 10.6 Å². The van der Waals surface area contributed by atoms with Gasteiger partial charge >= 0.3 is 0 Å². The minimum Gasteiger partial charge on any atom is -0.375 e. The highest BCUT2D eigenvalue weighted by Gasteiger charge is 2.34. The zero-order valence-electron chi connectivity index (χ0n) is 12.9. The lowest BCUT2D eigenvalue weighted by atomic mass is 10.1. The molecular formula is C16H23N5O. The second-order valence-corrected chi connectivity index (χ2v) is 6.58. The summed E-state index contributed by atoms with van der Waals surface area (Å²) in [7, 11) is 1.77. The molecule has 1 unspecified atom stereocenters. The van der Waals surface area contributed by atoms with Gasteiger partial charge in [0.1, 0.15) is 11.9 Å². The molecule has 2 saturated carbocycles. The molecule has 0 amide bonds. The van der Waals surface area contributed by atoms with Gasteiger partial charge in [0.05, 0.1) is 11.9 Å². The van der Waals surface area contributed by atoms with Gasteiger partial charge in [-0.05, 0) is 38.0 Å². The number of nitrogens with zero attached hydrogens (tertiary/aromatic N) is 3. The van der Waals surface area contributed by atoms with Gasteiger partial charge in [-0.1, -0.05) is 0 Å². The summed E-state index contributed by atoms with van der Waals surface area (Å²) in [6.45, 7) is 0. The van der Waals surface area contributed by atoms with Crippen molar-refractivity contribution in [3.8, 4) is 0 Å². The summed E-state index contributed by atoms with van der Waals surface area (Å²) in [6, 6.07) is 4.76. The first kappa shape index (κ1) is 14.0. The predicted molar refractivity (Wildman–Crippen MR) is 84.7 cm³/mol. The third-order valence-corrected chi connectivity index (χ3v) is 4.80. The molecule has 0 bridgehead atoms. The second-order valence-electron chi connectivity index (χ2n) is 6.58. The summed E-state index contributed by atoms with van der Waals surface area (Å²) >= 11 is 0. The molecular weight excluding hydrogens is 278 g/mol. The maximum absolute atomic E-state index is 6.02. The van der Waals surface area contributed by atoms with Crippen molar-refractivity contribution >= 4 is 11.5 Å². The topological polar surface area (TPSA) is 77.5 Å². The lowest BCUT2D eigenvalue weighted by molar-refractivity contribution is 0.0812. The Kier molecular flexibility index (Phi) is 3.50. The molecule has 4 rings (SSSR count). The maximum Gasteiger partial charge on any atom is 0.157 e. The number of rotatable bonds is 5. The van der Waals surface area contributed by atoms with Crippen LogP contribution in [0.15, 0.2) is 18.3 Å². The number of anilines is 1. The number of hydrogen-bond donors (Lipinski definition) is 2. The van der Waals surface area contributed by atoms with Crippen molar-refractivity contribution in [3.63, 3.8) is 0 Å². The number of nitrogens with two attached hydrogens (primary N) is 1. The fourth-order valence-electron chi connectivity index (χ4n) is 3.49. The normalized spacial score (nSPS) is 26.5. The lowest BCUT2D eigenvalue weighted by Crippen LogP contribution is -2.22. The molecule has 6 heteroatoms. The predicted octanol–water partition coefficient (Wildman–Crippen LogP) is 2.12. The van der Waals surface area contributed by atoms with E-state index in [1.54, 1.807) is 13.3 Å². The van der Waals surface area contributed by atoms with Gasteiger partial charge in [0.15, 0.2) is 5.65 Å². The molecule has 0 aliphatic heterocycles. The van der Waals surface area contributed by atoms with Gasteiger partial charge in [-0.25, -0.2) is 4.98 Å². The molecule has 2 aliphatic carbocycles. The fourth-order valence-corrected chi connectivity index (χ4v) is 3.49. The molecule has 0 aromatic carbocycles. The first-order chi connectivity index (χ1) is 10.7. The summed E-state index contributed by atoms with van der Waals surface area (Å²) in [6.07, 6.45) is 7.54. The Morgan fingerprint density at radius 2 is 2.23 bits per heavy atom. The molecule has 2 aromatic rings. The average molecular weight is 301 g/mol. The third kappa shape index (κ3) is 2.57. The molecule has 2 aromatic heterocycles. The molecule has 2 aliphatic rings. The monoisotopic (exact) mass is 301 g/mol. The summed E-state index contributed by atoms with van der Waals surface area (Å²) in [5.41, 5.74) is 7.89. The smallest absolute Gasteiger partial charge is 0.157 e. The van der Waals surface area contributed by atoms with Crippen LogP contribution in [-0.2, 0) is 4.74 Å². The van der Waals surface area contributed by atoms with Crippen LogP contribution in [-0.4, -0.2) is 33.8 Å². The average Bonchev–Trinajstić information content (AvgIpc) is 3.06. The van der Waals surface area contributed by atoms with Crippen molar-refractivity contribution in [1.82, 2.24) is 14.6 Å². The van der Waals surface area contributed by atoms with Crippen LogP contribution in [0, 0.1) is 5.92 Å². The molecule has 22 heavy (non-hydrogen) atoms. The van der Waals surface area contributed by atoms with E-state index in [2.05, 4.69) is 16.5 Å². The molecule has 3 atom stereocenters. The van der Waals surface area contributed by atoms with Gasteiger partial charge in [-0.2, -0.15) is 9.61 Å². The zero-order chi connectivity index (χ0) is 15.1. The van der Waals surface area contributed by atoms with Crippen LogP contribution in [0.3, 0.4) is 0 Å². The van der Waals surface area contributed by atoms with Gasteiger partial charge in [-0.15, -0.1) is 0 Å². The van der Waals surface area contributed by atoms with Crippen LogP contribution in [0.4, 0.5) is 5.82 Å². The number of hydrogen-bond acceptors (Lipinski definition) is 5. The van der Waals surface area contributed by atoms with E-state index in [4.69, 9.17) is 15.5 Å². The van der Waals surface area contributed by atoms with Crippen LogP contribution in [0.5, 0.6) is 0 Å². The summed E-state index contributed by atoms with van der Waals surface area (Å²) in [4.78, 5) is 4.73. The van der Waals surface area contributed by atoms with Crippen LogP contribution < -0.4 is 11.1 Å². The van der Waals surface area contributed by atoms with Gasteiger partial charge in [-0.3, -0.25) is 0 Å². The highest BCUT2D eigenvalue weighted by molar-refractivity contribution is 5.50. The Balaban J connectivity index is 1.67. The molecule has 2 fully saturated rings. The van der Waals surface area contributed by atoms with Crippen molar-refractivity contribution < 1.29 is 4.74 Å².